The zero-order chi connectivity index (χ0) is 13.1. The van der Waals surface area contributed by atoms with Crippen molar-refractivity contribution < 1.29 is 18.7 Å². The van der Waals surface area contributed by atoms with Crippen LogP contribution in [0, 0.1) is 0 Å². The Morgan fingerprint density at radius 3 is 2.50 bits per heavy atom. The lowest BCUT2D eigenvalue weighted by atomic mass is 10.1. The fourth-order valence-electron chi connectivity index (χ4n) is 1.56. The molecule has 0 N–H and O–H groups in total. The van der Waals surface area contributed by atoms with Gasteiger partial charge in [-0.15, -0.1) is 0 Å². The van der Waals surface area contributed by atoms with Crippen LogP contribution in [0.2, 0.25) is 5.22 Å². The first-order valence-corrected chi connectivity index (χ1v) is 5.55. The summed E-state index contributed by atoms with van der Waals surface area (Å²) >= 11 is 5.65. The topological polar surface area (TPSA) is 48.7 Å². The summed E-state index contributed by atoms with van der Waals surface area (Å²) in [5, 5.41) is 0.167. The molecule has 4 nitrogen and oxygen atoms in total. The van der Waals surface area contributed by atoms with E-state index in [0.717, 1.165) is 0 Å². The van der Waals surface area contributed by atoms with Crippen molar-refractivity contribution in [1.29, 1.82) is 0 Å². The van der Waals surface area contributed by atoms with Crippen molar-refractivity contribution in [3.63, 3.8) is 0 Å². The van der Waals surface area contributed by atoms with Gasteiger partial charge in [0.25, 0.3) is 0 Å². The highest BCUT2D eigenvalue weighted by Gasteiger charge is 2.18. The molecule has 0 fully saturated rings. The molecule has 0 spiro atoms. The van der Waals surface area contributed by atoms with Crippen LogP contribution in [0.4, 0.5) is 0 Å². The van der Waals surface area contributed by atoms with Crippen LogP contribution >= 0.6 is 11.6 Å². The predicted octanol–water partition coefficient (Wildman–Crippen LogP) is 3.18. The van der Waals surface area contributed by atoms with Crippen molar-refractivity contribution >= 4 is 17.4 Å². The largest absolute Gasteiger partial charge is 0.497 e. The number of ether oxygens (including phenoxy) is 2. The third-order valence-electron chi connectivity index (χ3n) is 2.45. The van der Waals surface area contributed by atoms with Crippen LogP contribution in [0.15, 0.2) is 34.7 Å². The van der Waals surface area contributed by atoms with Crippen molar-refractivity contribution in [2.24, 2.45) is 0 Å². The number of hydrogen-bond acceptors (Lipinski definition) is 4. The van der Waals surface area contributed by atoms with Crippen molar-refractivity contribution in [1.82, 2.24) is 0 Å². The molecule has 1 aromatic heterocycles. The molecule has 0 atom stereocenters. The minimum atomic E-state index is -0.308. The minimum Gasteiger partial charge on any atom is -0.497 e. The van der Waals surface area contributed by atoms with Crippen LogP contribution in [0.1, 0.15) is 16.1 Å². The Kier molecular flexibility index (Phi) is 3.58. The molecule has 0 aliphatic carbocycles. The summed E-state index contributed by atoms with van der Waals surface area (Å²) in [7, 11) is 3.02. The van der Waals surface area contributed by atoms with E-state index in [1.807, 2.05) is 0 Å². The van der Waals surface area contributed by atoms with Crippen molar-refractivity contribution in [2.75, 3.05) is 14.2 Å². The van der Waals surface area contributed by atoms with Crippen molar-refractivity contribution in [3.8, 4) is 11.5 Å². The summed E-state index contributed by atoms with van der Waals surface area (Å²) in [6.45, 7) is 0. The molecule has 5 heteroatoms. The molecule has 0 saturated heterocycles. The lowest BCUT2D eigenvalue weighted by Gasteiger charge is -2.08. The van der Waals surface area contributed by atoms with Crippen LogP contribution in [0.3, 0.4) is 0 Å². The van der Waals surface area contributed by atoms with Crippen LogP contribution in [-0.4, -0.2) is 20.0 Å². The van der Waals surface area contributed by atoms with Crippen molar-refractivity contribution in [3.05, 3.63) is 46.9 Å². The van der Waals surface area contributed by atoms with Crippen LogP contribution in [0.5, 0.6) is 11.5 Å². The van der Waals surface area contributed by atoms with Crippen molar-refractivity contribution in [2.45, 2.75) is 0 Å². The van der Waals surface area contributed by atoms with Gasteiger partial charge in [0.15, 0.2) is 11.0 Å². The summed E-state index contributed by atoms with van der Waals surface area (Å²) in [5.41, 5.74) is 0.364. The number of furan rings is 1. The highest BCUT2D eigenvalue weighted by Crippen LogP contribution is 2.27. The molecule has 2 aromatic rings. The standard InChI is InChI=1S/C13H11ClO4/c1-16-8-3-4-10(17-2)9(7-8)13(15)11-5-6-12(14)18-11/h3-7H,1-2H3. The first kappa shape index (κ1) is 12.5. The van der Waals surface area contributed by atoms with E-state index in [1.54, 1.807) is 18.2 Å². The Labute approximate surface area is 109 Å². The minimum absolute atomic E-state index is 0.159. The molecule has 0 bridgehead atoms. The SMILES string of the molecule is COc1ccc(OC)c(C(=O)c2ccc(Cl)o2)c1. The van der Waals surface area contributed by atoms with E-state index in [0.29, 0.717) is 17.1 Å². The van der Waals surface area contributed by atoms with Gasteiger partial charge >= 0.3 is 0 Å². The molecule has 1 aromatic carbocycles. The third-order valence-corrected chi connectivity index (χ3v) is 2.65. The monoisotopic (exact) mass is 266 g/mol. The zero-order valence-electron chi connectivity index (χ0n) is 9.90. The van der Waals surface area contributed by atoms with E-state index in [-0.39, 0.29) is 16.8 Å². The lowest BCUT2D eigenvalue weighted by Crippen LogP contribution is -2.03. The van der Waals surface area contributed by atoms with Gasteiger partial charge in [-0.25, -0.2) is 0 Å². The normalized spacial score (nSPS) is 10.2. The number of rotatable bonds is 4. The maximum Gasteiger partial charge on any atom is 0.232 e. The highest BCUT2D eigenvalue weighted by molar-refractivity contribution is 6.29. The summed E-state index contributed by atoms with van der Waals surface area (Å²) in [5.74, 6) is 0.870. The van der Waals surface area contributed by atoms with E-state index in [2.05, 4.69) is 0 Å². The molecule has 2 rings (SSSR count). The van der Waals surface area contributed by atoms with Crippen LogP contribution in [-0.2, 0) is 0 Å². The molecule has 0 unspecified atom stereocenters. The Hall–Kier alpha value is -1.94. The Morgan fingerprint density at radius 1 is 1.17 bits per heavy atom. The van der Waals surface area contributed by atoms with Crippen LogP contribution in [0.25, 0.3) is 0 Å². The molecular formula is C13H11ClO4. The molecule has 18 heavy (non-hydrogen) atoms. The maximum absolute atomic E-state index is 12.2. The van der Waals surface area contributed by atoms with Gasteiger partial charge in [0.1, 0.15) is 11.5 Å². The van der Waals surface area contributed by atoms with Gasteiger partial charge in [-0.2, -0.15) is 0 Å². The summed E-state index contributed by atoms with van der Waals surface area (Å²) < 4.78 is 15.3. The fraction of sp³-hybridized carbons (Fsp3) is 0.154. The molecule has 1 heterocycles. The number of hydrogen-bond donors (Lipinski definition) is 0. The molecule has 0 amide bonds. The second-order valence-corrected chi connectivity index (χ2v) is 3.87. The number of carbonyl (C=O) groups excluding carboxylic acids is 1. The quantitative estimate of drug-likeness (QED) is 0.798. The zero-order valence-corrected chi connectivity index (χ0v) is 10.7. The van der Waals surface area contributed by atoms with E-state index in [9.17, 15) is 4.79 Å². The Morgan fingerprint density at radius 2 is 1.94 bits per heavy atom. The second-order valence-electron chi connectivity index (χ2n) is 3.50. The summed E-state index contributed by atoms with van der Waals surface area (Å²) in [6, 6.07) is 8.00. The van der Waals surface area contributed by atoms with Gasteiger partial charge in [0, 0.05) is 0 Å². The maximum atomic E-state index is 12.2. The molecule has 0 saturated carbocycles. The predicted molar refractivity (Wildman–Crippen MR) is 66.7 cm³/mol. The molecular weight excluding hydrogens is 256 g/mol. The van der Waals surface area contributed by atoms with E-state index >= 15 is 0 Å². The summed E-state index contributed by atoms with van der Waals surface area (Å²) in [4.78, 5) is 12.2. The fourth-order valence-corrected chi connectivity index (χ4v) is 1.71. The van der Waals surface area contributed by atoms with E-state index in [4.69, 9.17) is 25.5 Å². The Bertz CT molecular complexity index is 574. The number of benzene rings is 1. The van der Waals surface area contributed by atoms with Gasteiger partial charge in [0.2, 0.25) is 5.78 Å². The van der Waals surface area contributed by atoms with Gasteiger partial charge in [-0.3, -0.25) is 4.79 Å². The van der Waals surface area contributed by atoms with Gasteiger partial charge < -0.3 is 13.9 Å². The number of halogens is 1. The molecule has 0 aliphatic rings. The van der Waals surface area contributed by atoms with Gasteiger partial charge in [-0.1, -0.05) is 0 Å². The average Bonchev–Trinajstić information content (AvgIpc) is 2.83. The number of methoxy groups -OCH3 is 2. The number of ketones is 1. The van der Waals surface area contributed by atoms with Gasteiger partial charge in [0.05, 0.1) is 19.8 Å². The highest BCUT2D eigenvalue weighted by atomic mass is 35.5. The lowest BCUT2D eigenvalue weighted by molar-refractivity contribution is 0.101. The van der Waals surface area contributed by atoms with Crippen LogP contribution < -0.4 is 9.47 Å². The second kappa shape index (κ2) is 5.14. The smallest absolute Gasteiger partial charge is 0.232 e. The number of carbonyl (C=O) groups is 1. The first-order chi connectivity index (χ1) is 8.65. The molecule has 94 valence electrons. The molecule has 0 aliphatic heterocycles. The Balaban J connectivity index is 2.45. The third kappa shape index (κ3) is 2.33. The average molecular weight is 267 g/mol. The van der Waals surface area contributed by atoms with E-state index in [1.165, 1.54) is 26.4 Å². The summed E-state index contributed by atoms with van der Waals surface area (Å²) in [6.07, 6.45) is 0. The molecule has 0 radical (unpaired) electrons. The first-order valence-electron chi connectivity index (χ1n) is 5.17. The van der Waals surface area contributed by atoms with E-state index < -0.39 is 0 Å². The van der Waals surface area contributed by atoms with Gasteiger partial charge in [-0.05, 0) is 41.9 Å².